The van der Waals surface area contributed by atoms with E-state index in [2.05, 4.69) is 13.8 Å². The fraction of sp³-hybridized carbons (Fsp3) is 0.500. The van der Waals surface area contributed by atoms with Crippen molar-refractivity contribution in [1.82, 2.24) is 0 Å². The van der Waals surface area contributed by atoms with Crippen molar-refractivity contribution < 1.29 is 14.3 Å². The van der Waals surface area contributed by atoms with Crippen LogP contribution in [0.4, 0.5) is 0 Å². The lowest BCUT2D eigenvalue weighted by molar-refractivity contribution is 0.375. The average molecular weight is 242 g/mol. The molecule has 3 nitrogen and oxygen atoms in total. The summed E-state index contributed by atoms with van der Waals surface area (Å²) in [6.45, 7) is 4.41. The number of rotatable bonds is 6. The van der Waals surface area contributed by atoms with Crippen molar-refractivity contribution in [3.8, 4) is 5.75 Å². The smallest absolute Gasteiger partial charge is 0.391 e. The zero-order valence-electron chi connectivity index (χ0n) is 9.76. The van der Waals surface area contributed by atoms with Gasteiger partial charge in [-0.25, -0.2) is 0 Å². The summed E-state index contributed by atoms with van der Waals surface area (Å²) in [6.07, 6.45) is 3.45. The highest BCUT2D eigenvalue weighted by Gasteiger charge is 2.06. The summed E-state index contributed by atoms with van der Waals surface area (Å²) in [5, 5.41) is 0. The molecule has 0 saturated carbocycles. The molecule has 0 aliphatic carbocycles. The van der Waals surface area contributed by atoms with Crippen molar-refractivity contribution in [1.29, 1.82) is 0 Å². The first kappa shape index (κ1) is 13.4. The van der Waals surface area contributed by atoms with Crippen LogP contribution in [-0.4, -0.2) is 9.79 Å². The van der Waals surface area contributed by atoms with Gasteiger partial charge in [-0.15, -0.1) is 0 Å². The van der Waals surface area contributed by atoms with Gasteiger partial charge in [0.1, 0.15) is 5.75 Å². The van der Waals surface area contributed by atoms with Crippen LogP contribution < -0.4 is 4.52 Å². The summed E-state index contributed by atoms with van der Waals surface area (Å²) < 4.78 is 4.80. The van der Waals surface area contributed by atoms with Crippen molar-refractivity contribution in [2.75, 3.05) is 0 Å². The Kier molecular flexibility index (Phi) is 5.75. The van der Waals surface area contributed by atoms with E-state index in [0.29, 0.717) is 5.75 Å². The van der Waals surface area contributed by atoms with Gasteiger partial charge in [0.25, 0.3) is 0 Å². The van der Waals surface area contributed by atoms with Crippen LogP contribution in [0.2, 0.25) is 0 Å². The van der Waals surface area contributed by atoms with Crippen molar-refractivity contribution in [3.05, 3.63) is 29.8 Å². The Morgan fingerprint density at radius 3 is 2.12 bits per heavy atom. The van der Waals surface area contributed by atoms with Crippen molar-refractivity contribution in [2.45, 2.75) is 33.1 Å². The summed E-state index contributed by atoms with van der Waals surface area (Å²) in [4.78, 5) is 17.4. The minimum absolute atomic E-state index is 0.504. The lowest BCUT2D eigenvalue weighted by Crippen LogP contribution is -2.01. The standard InChI is InChI=1S/C12H19O3P/c1-3-10(4-2)9-11-5-7-12(8-6-11)15-16(13)14/h5-8,10,13-14H,3-4,9H2,1-2H3. The van der Waals surface area contributed by atoms with Crippen LogP contribution in [0, 0.1) is 5.92 Å². The fourth-order valence-corrected chi connectivity index (χ4v) is 2.00. The normalized spacial score (nSPS) is 11.1. The Labute approximate surface area is 98.1 Å². The number of benzene rings is 1. The number of hydrogen-bond donors (Lipinski definition) is 2. The molecule has 0 unspecified atom stereocenters. The molecule has 0 radical (unpaired) electrons. The minimum Gasteiger partial charge on any atom is -0.427 e. The lowest BCUT2D eigenvalue weighted by atomic mass is 9.95. The second kappa shape index (κ2) is 6.85. The monoisotopic (exact) mass is 242 g/mol. The second-order valence-electron chi connectivity index (χ2n) is 3.87. The first-order chi connectivity index (χ1) is 7.65. The Morgan fingerprint density at radius 1 is 1.12 bits per heavy atom. The zero-order valence-corrected chi connectivity index (χ0v) is 10.7. The van der Waals surface area contributed by atoms with E-state index in [-0.39, 0.29) is 0 Å². The summed E-state index contributed by atoms with van der Waals surface area (Å²) in [6, 6.07) is 7.51. The Balaban J connectivity index is 2.57. The third-order valence-electron chi connectivity index (χ3n) is 2.79. The summed E-state index contributed by atoms with van der Waals surface area (Å²) in [5.41, 5.74) is 1.27. The lowest BCUT2D eigenvalue weighted by Gasteiger charge is -2.12. The van der Waals surface area contributed by atoms with Gasteiger partial charge in [0.2, 0.25) is 0 Å². The summed E-state index contributed by atoms with van der Waals surface area (Å²) in [7, 11) is -2.31. The van der Waals surface area contributed by atoms with E-state index in [0.717, 1.165) is 12.3 Å². The highest BCUT2D eigenvalue weighted by atomic mass is 31.2. The molecule has 0 atom stereocenters. The molecule has 0 aliphatic rings. The van der Waals surface area contributed by atoms with Crippen LogP contribution in [0.1, 0.15) is 32.3 Å². The molecule has 1 rings (SSSR count). The molecular formula is C12H19O3P. The fourth-order valence-electron chi connectivity index (χ4n) is 1.69. The highest BCUT2D eigenvalue weighted by molar-refractivity contribution is 7.39. The zero-order chi connectivity index (χ0) is 12.0. The van der Waals surface area contributed by atoms with Gasteiger partial charge in [0, 0.05) is 0 Å². The predicted octanol–water partition coefficient (Wildman–Crippen LogP) is 3.26. The van der Waals surface area contributed by atoms with Crippen molar-refractivity contribution >= 4 is 8.60 Å². The van der Waals surface area contributed by atoms with Crippen LogP contribution >= 0.6 is 8.60 Å². The number of hydrogen-bond acceptors (Lipinski definition) is 3. The molecule has 0 spiro atoms. The van der Waals surface area contributed by atoms with Crippen molar-refractivity contribution in [2.24, 2.45) is 5.92 Å². The van der Waals surface area contributed by atoms with Crippen molar-refractivity contribution in [3.63, 3.8) is 0 Å². The topological polar surface area (TPSA) is 49.7 Å². The Hall–Kier alpha value is -0.630. The SMILES string of the molecule is CCC(CC)Cc1ccc(OP(O)O)cc1. The first-order valence-electron chi connectivity index (χ1n) is 5.60. The molecule has 0 heterocycles. The molecule has 0 bridgehead atoms. The molecule has 90 valence electrons. The van der Waals surface area contributed by atoms with Gasteiger partial charge in [-0.2, -0.15) is 0 Å². The molecule has 0 saturated heterocycles. The Morgan fingerprint density at radius 2 is 1.69 bits per heavy atom. The molecule has 0 aliphatic heterocycles. The second-order valence-corrected chi connectivity index (χ2v) is 4.56. The molecule has 0 fully saturated rings. The van der Waals surface area contributed by atoms with Crippen LogP contribution in [0.3, 0.4) is 0 Å². The van der Waals surface area contributed by atoms with E-state index >= 15 is 0 Å². The van der Waals surface area contributed by atoms with Gasteiger partial charge in [-0.05, 0) is 30.0 Å². The van der Waals surface area contributed by atoms with Gasteiger partial charge < -0.3 is 14.3 Å². The van der Waals surface area contributed by atoms with E-state index in [4.69, 9.17) is 14.3 Å². The summed E-state index contributed by atoms with van der Waals surface area (Å²) >= 11 is 0. The maximum atomic E-state index is 8.69. The van der Waals surface area contributed by atoms with Crippen LogP contribution in [-0.2, 0) is 6.42 Å². The van der Waals surface area contributed by atoms with E-state index in [1.807, 2.05) is 12.1 Å². The van der Waals surface area contributed by atoms with E-state index in [9.17, 15) is 0 Å². The quantitative estimate of drug-likeness (QED) is 0.753. The van der Waals surface area contributed by atoms with E-state index in [1.165, 1.54) is 18.4 Å². The van der Waals surface area contributed by atoms with Gasteiger partial charge in [-0.1, -0.05) is 38.8 Å². The summed E-state index contributed by atoms with van der Waals surface area (Å²) in [5.74, 6) is 1.23. The van der Waals surface area contributed by atoms with Gasteiger partial charge in [-0.3, -0.25) is 0 Å². The maximum Gasteiger partial charge on any atom is 0.391 e. The third kappa shape index (κ3) is 4.48. The molecule has 0 aromatic heterocycles. The average Bonchev–Trinajstić information content (AvgIpc) is 2.27. The molecule has 16 heavy (non-hydrogen) atoms. The maximum absolute atomic E-state index is 8.69. The molecule has 1 aromatic carbocycles. The molecule has 2 N–H and O–H groups in total. The van der Waals surface area contributed by atoms with E-state index in [1.54, 1.807) is 12.1 Å². The predicted molar refractivity (Wildman–Crippen MR) is 66.2 cm³/mol. The van der Waals surface area contributed by atoms with Crippen LogP contribution in [0.5, 0.6) is 5.75 Å². The first-order valence-corrected chi connectivity index (χ1v) is 6.77. The highest BCUT2D eigenvalue weighted by Crippen LogP contribution is 2.29. The third-order valence-corrected chi connectivity index (χ3v) is 3.16. The minimum atomic E-state index is -2.31. The van der Waals surface area contributed by atoms with Crippen LogP contribution in [0.15, 0.2) is 24.3 Å². The molecule has 0 amide bonds. The largest absolute Gasteiger partial charge is 0.427 e. The van der Waals surface area contributed by atoms with Crippen LogP contribution in [0.25, 0.3) is 0 Å². The van der Waals surface area contributed by atoms with Gasteiger partial charge >= 0.3 is 8.60 Å². The molecule has 4 heteroatoms. The molecular weight excluding hydrogens is 223 g/mol. The van der Waals surface area contributed by atoms with Gasteiger partial charge in [0.05, 0.1) is 0 Å². The molecule has 1 aromatic rings. The Bertz CT molecular complexity index is 294. The van der Waals surface area contributed by atoms with E-state index < -0.39 is 8.60 Å². The van der Waals surface area contributed by atoms with Gasteiger partial charge in [0.15, 0.2) is 0 Å².